The molecule has 7 heteroatoms. The topological polar surface area (TPSA) is 78.5 Å². The van der Waals surface area contributed by atoms with Crippen molar-refractivity contribution >= 4 is 22.9 Å². The molecule has 7 nitrogen and oxygen atoms in total. The zero-order valence-corrected chi connectivity index (χ0v) is 13.8. The van der Waals surface area contributed by atoms with Gasteiger partial charge in [-0.15, -0.1) is 0 Å². The molecule has 0 saturated carbocycles. The molecule has 0 spiro atoms. The van der Waals surface area contributed by atoms with E-state index in [4.69, 9.17) is 4.74 Å². The Balaban J connectivity index is 1.56. The van der Waals surface area contributed by atoms with Crippen LogP contribution in [0.1, 0.15) is 21.0 Å². The van der Waals surface area contributed by atoms with Crippen LogP contribution in [0.4, 0.5) is 0 Å². The predicted molar refractivity (Wildman–Crippen MR) is 87.8 cm³/mol. The molecule has 1 aromatic carbocycles. The fourth-order valence-corrected chi connectivity index (χ4v) is 3.90. The summed E-state index contributed by atoms with van der Waals surface area (Å²) in [6.07, 6.45) is 0. The Bertz CT molecular complexity index is 801. The number of rotatable bonds is 2. The van der Waals surface area contributed by atoms with Crippen LogP contribution < -0.4 is 0 Å². The summed E-state index contributed by atoms with van der Waals surface area (Å²) >= 11 is 0. The molecular formula is C17H20N4O3. The van der Waals surface area contributed by atoms with Crippen LogP contribution >= 0.6 is 0 Å². The first-order chi connectivity index (χ1) is 11.5. The van der Waals surface area contributed by atoms with Crippen LogP contribution in [0.5, 0.6) is 0 Å². The molecule has 2 atom stereocenters. The third kappa shape index (κ3) is 2.45. The minimum Gasteiger partial charge on any atom is -0.465 e. The lowest BCUT2D eigenvalue weighted by Crippen LogP contribution is -2.32. The summed E-state index contributed by atoms with van der Waals surface area (Å²) < 4.78 is 4.72. The first-order valence-corrected chi connectivity index (χ1v) is 8.11. The van der Waals surface area contributed by atoms with Crippen molar-refractivity contribution in [2.45, 2.75) is 0 Å². The van der Waals surface area contributed by atoms with E-state index in [1.165, 1.54) is 7.11 Å². The fourth-order valence-electron chi connectivity index (χ4n) is 3.90. The Kier molecular flexibility index (Phi) is 3.53. The van der Waals surface area contributed by atoms with Gasteiger partial charge in [0.1, 0.15) is 0 Å². The number of likely N-dealkylation sites (tertiary alicyclic amines) is 2. The van der Waals surface area contributed by atoms with Crippen LogP contribution in [0, 0.1) is 11.8 Å². The molecule has 4 rings (SSSR count). The number of nitrogens with zero attached hydrogens (tertiary/aromatic N) is 3. The molecule has 3 heterocycles. The third-order valence-electron chi connectivity index (χ3n) is 5.06. The van der Waals surface area contributed by atoms with Gasteiger partial charge in [-0.1, -0.05) is 0 Å². The van der Waals surface area contributed by atoms with Crippen LogP contribution in [0.15, 0.2) is 18.2 Å². The molecule has 1 N–H and O–H groups in total. The molecule has 2 aliphatic rings. The van der Waals surface area contributed by atoms with E-state index in [1.807, 2.05) is 4.90 Å². The van der Waals surface area contributed by atoms with E-state index < -0.39 is 5.97 Å². The maximum Gasteiger partial charge on any atom is 0.337 e. The predicted octanol–water partition coefficient (Wildman–Crippen LogP) is 0.983. The van der Waals surface area contributed by atoms with Gasteiger partial charge in [0.05, 0.1) is 23.7 Å². The average Bonchev–Trinajstić information content (AvgIpc) is 3.24. The second-order valence-corrected chi connectivity index (χ2v) is 6.76. The summed E-state index contributed by atoms with van der Waals surface area (Å²) in [7, 11) is 3.47. The molecule has 126 valence electrons. The number of fused-ring (bicyclic) bond motifs is 2. The number of methoxy groups -OCH3 is 1. The highest BCUT2D eigenvalue weighted by atomic mass is 16.5. The Labute approximate surface area is 139 Å². The summed E-state index contributed by atoms with van der Waals surface area (Å²) in [4.78, 5) is 36.0. The number of hydrogen-bond donors (Lipinski definition) is 1. The Morgan fingerprint density at radius 1 is 1.21 bits per heavy atom. The maximum atomic E-state index is 12.7. The lowest BCUT2D eigenvalue weighted by atomic mass is 10.0. The molecule has 0 bridgehead atoms. The summed E-state index contributed by atoms with van der Waals surface area (Å²) in [5.74, 6) is 0.989. The zero-order chi connectivity index (χ0) is 16.8. The number of ether oxygens (including phenoxy) is 1. The number of hydrogen-bond acceptors (Lipinski definition) is 5. The van der Waals surface area contributed by atoms with Gasteiger partial charge in [-0.2, -0.15) is 0 Å². The van der Waals surface area contributed by atoms with Gasteiger partial charge in [0, 0.05) is 26.2 Å². The highest BCUT2D eigenvalue weighted by Crippen LogP contribution is 2.30. The minimum absolute atomic E-state index is 0.0668. The van der Waals surface area contributed by atoms with Crippen LogP contribution in [0.25, 0.3) is 11.0 Å². The first-order valence-electron chi connectivity index (χ1n) is 8.11. The Morgan fingerprint density at radius 2 is 1.92 bits per heavy atom. The number of carbonyl (C=O) groups excluding carboxylic acids is 2. The second kappa shape index (κ2) is 5.59. The average molecular weight is 328 g/mol. The number of amides is 1. The molecule has 2 fully saturated rings. The quantitative estimate of drug-likeness (QED) is 0.832. The summed E-state index contributed by atoms with van der Waals surface area (Å²) in [6, 6.07) is 5.04. The molecule has 0 aliphatic carbocycles. The van der Waals surface area contributed by atoms with Gasteiger partial charge in [-0.3, -0.25) is 4.79 Å². The summed E-state index contributed by atoms with van der Waals surface area (Å²) in [5, 5.41) is 0. The first kappa shape index (κ1) is 15.1. The summed E-state index contributed by atoms with van der Waals surface area (Å²) in [5.41, 5.74) is 1.77. The molecule has 2 aliphatic heterocycles. The summed E-state index contributed by atoms with van der Waals surface area (Å²) in [6.45, 7) is 3.69. The molecule has 2 saturated heterocycles. The van der Waals surface area contributed by atoms with Crippen LogP contribution in [0.3, 0.4) is 0 Å². The van der Waals surface area contributed by atoms with Gasteiger partial charge in [0.15, 0.2) is 5.82 Å². The molecule has 1 amide bonds. The number of benzene rings is 1. The standard InChI is InChI=1S/C17H20N4O3/c1-20-6-11-8-21(9-12(11)7-20)16(22)15-18-13-4-3-10(17(23)24-2)5-14(13)19-15/h3-5,11-12H,6-9H2,1-2H3,(H,18,19). The van der Waals surface area contributed by atoms with Gasteiger partial charge in [-0.25, -0.2) is 9.78 Å². The van der Waals surface area contributed by atoms with Gasteiger partial charge >= 0.3 is 5.97 Å². The number of esters is 1. The van der Waals surface area contributed by atoms with Crippen molar-refractivity contribution < 1.29 is 14.3 Å². The van der Waals surface area contributed by atoms with E-state index >= 15 is 0 Å². The largest absolute Gasteiger partial charge is 0.465 e. The highest BCUT2D eigenvalue weighted by molar-refractivity contribution is 5.97. The van der Waals surface area contributed by atoms with E-state index in [1.54, 1.807) is 18.2 Å². The van der Waals surface area contributed by atoms with Crippen molar-refractivity contribution in [1.82, 2.24) is 19.8 Å². The van der Waals surface area contributed by atoms with Gasteiger partial charge in [-0.05, 0) is 37.1 Å². The van der Waals surface area contributed by atoms with Crippen molar-refractivity contribution in [2.24, 2.45) is 11.8 Å². The molecule has 1 aromatic heterocycles. The van der Waals surface area contributed by atoms with Gasteiger partial charge in [0.2, 0.25) is 0 Å². The van der Waals surface area contributed by atoms with Crippen molar-refractivity contribution in [3.8, 4) is 0 Å². The third-order valence-corrected chi connectivity index (χ3v) is 5.06. The van der Waals surface area contributed by atoms with E-state index in [9.17, 15) is 9.59 Å². The molecule has 2 aromatic rings. The van der Waals surface area contributed by atoms with Crippen LogP contribution in [-0.4, -0.2) is 72.0 Å². The molecule has 24 heavy (non-hydrogen) atoms. The zero-order valence-electron chi connectivity index (χ0n) is 13.8. The van der Waals surface area contributed by atoms with Crippen molar-refractivity contribution in [3.05, 3.63) is 29.6 Å². The van der Waals surface area contributed by atoms with E-state index in [0.29, 0.717) is 34.3 Å². The smallest absolute Gasteiger partial charge is 0.337 e. The SMILES string of the molecule is COC(=O)c1ccc2nc(C(=O)N3CC4CN(C)CC4C3)[nH]c2c1. The minimum atomic E-state index is -0.407. The lowest BCUT2D eigenvalue weighted by Gasteiger charge is -2.18. The van der Waals surface area contributed by atoms with Crippen LogP contribution in [0.2, 0.25) is 0 Å². The highest BCUT2D eigenvalue weighted by Gasteiger charge is 2.41. The number of imidazole rings is 1. The molecule has 0 radical (unpaired) electrons. The van der Waals surface area contributed by atoms with Crippen LogP contribution in [-0.2, 0) is 4.74 Å². The van der Waals surface area contributed by atoms with E-state index in [0.717, 1.165) is 26.2 Å². The molecular weight excluding hydrogens is 308 g/mol. The maximum absolute atomic E-state index is 12.7. The van der Waals surface area contributed by atoms with E-state index in [2.05, 4.69) is 21.9 Å². The molecule has 2 unspecified atom stereocenters. The van der Waals surface area contributed by atoms with Crippen molar-refractivity contribution in [3.63, 3.8) is 0 Å². The second-order valence-electron chi connectivity index (χ2n) is 6.76. The Morgan fingerprint density at radius 3 is 2.58 bits per heavy atom. The number of H-pyrrole nitrogens is 1. The number of aromatic amines is 1. The van der Waals surface area contributed by atoms with Gasteiger partial charge < -0.3 is 19.5 Å². The van der Waals surface area contributed by atoms with Crippen molar-refractivity contribution in [1.29, 1.82) is 0 Å². The number of carbonyl (C=O) groups is 2. The number of nitrogens with one attached hydrogen (secondary N) is 1. The van der Waals surface area contributed by atoms with E-state index in [-0.39, 0.29) is 5.91 Å². The van der Waals surface area contributed by atoms with Gasteiger partial charge in [0.25, 0.3) is 5.91 Å². The fraction of sp³-hybridized carbons (Fsp3) is 0.471. The number of aromatic nitrogens is 2. The monoisotopic (exact) mass is 328 g/mol. The van der Waals surface area contributed by atoms with Crippen molar-refractivity contribution in [2.75, 3.05) is 40.3 Å². The normalized spacial score (nSPS) is 23.7. The lowest BCUT2D eigenvalue weighted by molar-refractivity contribution is 0.0600. The Hall–Kier alpha value is -2.41.